The summed E-state index contributed by atoms with van der Waals surface area (Å²) in [5.74, 6) is -0.0258. The molecule has 3 aromatic rings. The summed E-state index contributed by atoms with van der Waals surface area (Å²) in [5, 5.41) is 2.20. The van der Waals surface area contributed by atoms with E-state index in [0.29, 0.717) is 47.3 Å². The monoisotopic (exact) mass is 389 g/mol. The number of nitrogens with zero attached hydrogens (tertiary/aromatic N) is 1. The van der Waals surface area contributed by atoms with Gasteiger partial charge in [0, 0.05) is 41.7 Å². The number of carbonyl (C=O) groups is 1. The van der Waals surface area contributed by atoms with Gasteiger partial charge in [-0.3, -0.25) is 4.79 Å². The minimum Gasteiger partial charge on any atom is -0.464 e. The molecule has 0 saturated heterocycles. The maximum absolute atomic E-state index is 12.9. The van der Waals surface area contributed by atoms with E-state index in [1.165, 1.54) is 0 Å². The van der Waals surface area contributed by atoms with Gasteiger partial charge in [0.15, 0.2) is 0 Å². The Hall–Kier alpha value is -2.01. The lowest BCUT2D eigenvalue weighted by atomic mass is 9.96. The van der Waals surface area contributed by atoms with Crippen LogP contribution < -0.4 is 0 Å². The lowest BCUT2D eigenvalue weighted by Crippen LogP contribution is -2.36. The Morgan fingerprint density at radius 3 is 2.92 bits per heavy atom. The van der Waals surface area contributed by atoms with Crippen molar-refractivity contribution in [2.45, 2.75) is 19.6 Å². The number of rotatable bonds is 3. The maximum atomic E-state index is 12.9. The minimum absolute atomic E-state index is 0.0258. The van der Waals surface area contributed by atoms with Crippen molar-refractivity contribution in [3.05, 3.63) is 68.9 Å². The second-order valence-corrected chi connectivity index (χ2v) is 7.16. The number of methoxy groups -OCH3 is 1. The van der Waals surface area contributed by atoms with Gasteiger partial charge in [0.05, 0.1) is 17.9 Å². The van der Waals surface area contributed by atoms with E-state index in [9.17, 15) is 4.79 Å². The Morgan fingerprint density at radius 1 is 1.27 bits per heavy atom. The van der Waals surface area contributed by atoms with Gasteiger partial charge in [-0.1, -0.05) is 29.3 Å². The predicted octanol–water partition coefficient (Wildman–Crippen LogP) is 5.08. The smallest absolute Gasteiger partial charge is 0.254 e. The van der Waals surface area contributed by atoms with Crippen LogP contribution in [0.3, 0.4) is 0 Å². The van der Waals surface area contributed by atoms with Crippen molar-refractivity contribution in [2.75, 3.05) is 13.7 Å². The van der Waals surface area contributed by atoms with Crippen LogP contribution in [0, 0.1) is 0 Å². The first kappa shape index (κ1) is 17.4. The molecule has 134 valence electrons. The number of benzene rings is 2. The second-order valence-electron chi connectivity index (χ2n) is 6.37. The lowest BCUT2D eigenvalue weighted by Gasteiger charge is -2.30. The molecule has 0 unspecified atom stereocenters. The zero-order valence-corrected chi connectivity index (χ0v) is 15.7. The molecule has 0 fully saturated rings. The molecule has 0 atom stereocenters. The standard InChI is InChI=1S/C20H17Cl2NO3/c1-25-11-16-17(21)8-14-10-23(6-4-15(14)19(16)22)20(24)13-3-2-12-5-7-26-18(12)9-13/h2-3,5,7-9H,4,6,10-11H2,1H3. The van der Waals surface area contributed by atoms with Crippen molar-refractivity contribution in [2.24, 2.45) is 0 Å². The van der Waals surface area contributed by atoms with Gasteiger partial charge in [-0.2, -0.15) is 0 Å². The summed E-state index contributed by atoms with van der Waals surface area (Å²) in [6.45, 7) is 1.46. The molecule has 6 heteroatoms. The number of furan rings is 1. The molecule has 1 amide bonds. The molecular weight excluding hydrogens is 373 g/mol. The Labute approximate surface area is 161 Å². The molecule has 0 radical (unpaired) electrons. The van der Waals surface area contributed by atoms with E-state index in [4.69, 9.17) is 32.4 Å². The van der Waals surface area contributed by atoms with E-state index in [0.717, 1.165) is 22.1 Å². The van der Waals surface area contributed by atoms with E-state index < -0.39 is 0 Å². The van der Waals surface area contributed by atoms with Crippen molar-refractivity contribution < 1.29 is 13.9 Å². The van der Waals surface area contributed by atoms with E-state index in [-0.39, 0.29) is 5.91 Å². The summed E-state index contributed by atoms with van der Waals surface area (Å²) in [7, 11) is 1.61. The first-order chi connectivity index (χ1) is 12.6. The summed E-state index contributed by atoms with van der Waals surface area (Å²) in [4.78, 5) is 14.7. The highest BCUT2D eigenvalue weighted by molar-refractivity contribution is 6.36. The SMILES string of the molecule is COCc1c(Cl)cc2c(c1Cl)CCN(C(=O)c1ccc3ccoc3c1)C2. The molecule has 2 aromatic carbocycles. The van der Waals surface area contributed by atoms with E-state index in [1.807, 2.05) is 29.2 Å². The number of hydrogen-bond donors (Lipinski definition) is 0. The highest BCUT2D eigenvalue weighted by Gasteiger charge is 2.26. The zero-order chi connectivity index (χ0) is 18.3. The largest absolute Gasteiger partial charge is 0.464 e. The summed E-state index contributed by atoms with van der Waals surface area (Å²) in [6.07, 6.45) is 2.31. The van der Waals surface area contributed by atoms with Crippen molar-refractivity contribution in [1.29, 1.82) is 0 Å². The highest BCUT2D eigenvalue weighted by atomic mass is 35.5. The molecule has 4 nitrogen and oxygen atoms in total. The van der Waals surface area contributed by atoms with Crippen LogP contribution in [0.25, 0.3) is 11.0 Å². The fraction of sp³-hybridized carbons (Fsp3) is 0.250. The van der Waals surface area contributed by atoms with E-state index >= 15 is 0 Å². The van der Waals surface area contributed by atoms with Gasteiger partial charge in [0.25, 0.3) is 5.91 Å². The quantitative estimate of drug-likeness (QED) is 0.626. The van der Waals surface area contributed by atoms with Crippen molar-refractivity contribution in [1.82, 2.24) is 4.90 Å². The molecule has 1 aromatic heterocycles. The van der Waals surface area contributed by atoms with Gasteiger partial charge < -0.3 is 14.1 Å². The third-order valence-electron chi connectivity index (χ3n) is 4.78. The molecule has 2 heterocycles. The highest BCUT2D eigenvalue weighted by Crippen LogP contribution is 2.35. The van der Waals surface area contributed by atoms with Crippen molar-refractivity contribution >= 4 is 40.1 Å². The molecular formula is C20H17Cl2NO3. The Balaban J connectivity index is 1.62. The number of hydrogen-bond acceptors (Lipinski definition) is 3. The van der Waals surface area contributed by atoms with Gasteiger partial charge in [0.2, 0.25) is 0 Å². The molecule has 0 N–H and O–H groups in total. The molecule has 0 aliphatic carbocycles. The third-order valence-corrected chi connectivity index (χ3v) is 5.57. The Bertz CT molecular complexity index is 996. The van der Waals surface area contributed by atoms with Crippen LogP contribution in [0.4, 0.5) is 0 Å². The van der Waals surface area contributed by atoms with Crippen LogP contribution >= 0.6 is 23.2 Å². The summed E-state index contributed by atoms with van der Waals surface area (Å²) < 4.78 is 10.6. The lowest BCUT2D eigenvalue weighted by molar-refractivity contribution is 0.0734. The fourth-order valence-corrected chi connectivity index (χ4v) is 4.12. The zero-order valence-electron chi connectivity index (χ0n) is 14.2. The maximum Gasteiger partial charge on any atom is 0.254 e. The van der Waals surface area contributed by atoms with Crippen LogP contribution in [-0.4, -0.2) is 24.5 Å². The van der Waals surface area contributed by atoms with E-state index in [1.54, 1.807) is 19.4 Å². The van der Waals surface area contributed by atoms with Crippen molar-refractivity contribution in [3.8, 4) is 0 Å². The topological polar surface area (TPSA) is 42.7 Å². The first-order valence-electron chi connectivity index (χ1n) is 8.32. The minimum atomic E-state index is -0.0258. The van der Waals surface area contributed by atoms with Crippen LogP contribution in [0.1, 0.15) is 27.0 Å². The predicted molar refractivity (Wildman–Crippen MR) is 102 cm³/mol. The average molecular weight is 390 g/mol. The molecule has 4 rings (SSSR count). The summed E-state index contributed by atoms with van der Waals surface area (Å²) in [6, 6.07) is 9.29. The number of ether oxygens (including phenoxy) is 1. The third kappa shape index (κ3) is 2.98. The normalized spacial score (nSPS) is 13.9. The van der Waals surface area contributed by atoms with Crippen LogP contribution in [0.15, 0.2) is 41.0 Å². The number of fused-ring (bicyclic) bond motifs is 2. The van der Waals surface area contributed by atoms with Gasteiger partial charge in [-0.25, -0.2) is 0 Å². The summed E-state index contributed by atoms with van der Waals surface area (Å²) in [5.41, 5.74) is 4.16. The molecule has 0 bridgehead atoms. The molecule has 26 heavy (non-hydrogen) atoms. The summed E-state index contributed by atoms with van der Waals surface area (Å²) >= 11 is 12.9. The Kier molecular flexibility index (Phi) is 4.65. The van der Waals surface area contributed by atoms with Gasteiger partial charge in [-0.15, -0.1) is 0 Å². The molecule has 0 spiro atoms. The van der Waals surface area contributed by atoms with Crippen LogP contribution in [0.2, 0.25) is 10.0 Å². The Morgan fingerprint density at radius 2 is 2.12 bits per heavy atom. The van der Waals surface area contributed by atoms with Crippen LogP contribution in [0.5, 0.6) is 0 Å². The second kappa shape index (κ2) is 6.95. The van der Waals surface area contributed by atoms with E-state index in [2.05, 4.69) is 0 Å². The average Bonchev–Trinajstić information content (AvgIpc) is 3.11. The van der Waals surface area contributed by atoms with Crippen molar-refractivity contribution in [3.63, 3.8) is 0 Å². The van der Waals surface area contributed by atoms with Crippen LogP contribution in [-0.2, 0) is 24.3 Å². The first-order valence-corrected chi connectivity index (χ1v) is 9.08. The number of carbonyl (C=O) groups excluding carboxylic acids is 1. The van der Waals surface area contributed by atoms with Gasteiger partial charge in [-0.05, 0) is 41.8 Å². The fourth-order valence-electron chi connectivity index (χ4n) is 3.42. The van der Waals surface area contributed by atoms with Gasteiger partial charge >= 0.3 is 0 Å². The number of halogens is 2. The molecule has 1 aliphatic rings. The molecule has 0 saturated carbocycles. The van der Waals surface area contributed by atoms with Gasteiger partial charge in [0.1, 0.15) is 5.58 Å². The molecule has 1 aliphatic heterocycles. The number of amides is 1.